The van der Waals surface area contributed by atoms with Gasteiger partial charge in [0, 0.05) is 30.7 Å². The number of hydrogen-bond donors (Lipinski definition) is 2. The Morgan fingerprint density at radius 2 is 1.61 bits per heavy atom. The molecule has 0 radical (unpaired) electrons. The first-order chi connectivity index (χ1) is 15.7. The molecule has 2 amide bonds. The summed E-state index contributed by atoms with van der Waals surface area (Å²) >= 11 is 0. The maximum Gasteiger partial charge on any atom is 0.411 e. The van der Waals surface area contributed by atoms with E-state index in [2.05, 4.69) is 26.1 Å². The van der Waals surface area contributed by atoms with Crippen LogP contribution in [-0.2, 0) is 22.7 Å². The van der Waals surface area contributed by atoms with Crippen LogP contribution < -0.4 is 11.1 Å². The molecular weight excluding hydrogens is 414 g/mol. The van der Waals surface area contributed by atoms with Gasteiger partial charge in [0.15, 0.2) is 0 Å². The molecular formula is C27H37N3O3. The second-order valence-corrected chi connectivity index (χ2v) is 10.2. The summed E-state index contributed by atoms with van der Waals surface area (Å²) in [5, 5.41) is 2.76. The molecule has 6 heteroatoms. The zero-order chi connectivity index (χ0) is 23.8. The van der Waals surface area contributed by atoms with Crippen molar-refractivity contribution in [3.8, 4) is 0 Å². The third kappa shape index (κ3) is 8.21. The van der Waals surface area contributed by atoms with Gasteiger partial charge in [-0.05, 0) is 54.4 Å². The Kier molecular flexibility index (Phi) is 8.50. The molecule has 33 heavy (non-hydrogen) atoms. The van der Waals surface area contributed by atoms with Crippen LogP contribution in [0.2, 0.25) is 0 Å². The lowest BCUT2D eigenvalue weighted by atomic mass is 9.88. The summed E-state index contributed by atoms with van der Waals surface area (Å²) in [6, 6.07) is 17.6. The average molecular weight is 452 g/mol. The van der Waals surface area contributed by atoms with Gasteiger partial charge in [-0.1, -0.05) is 63.2 Å². The highest BCUT2D eigenvalue weighted by Crippen LogP contribution is 2.28. The minimum Gasteiger partial charge on any atom is -0.444 e. The van der Waals surface area contributed by atoms with Crippen LogP contribution in [0.5, 0.6) is 0 Å². The summed E-state index contributed by atoms with van der Waals surface area (Å²) in [4.78, 5) is 27.3. The van der Waals surface area contributed by atoms with E-state index < -0.39 is 6.09 Å². The molecule has 0 aromatic heterocycles. The highest BCUT2D eigenvalue weighted by Gasteiger charge is 2.30. The first-order valence-corrected chi connectivity index (χ1v) is 11.8. The van der Waals surface area contributed by atoms with Crippen molar-refractivity contribution in [3.63, 3.8) is 0 Å². The monoisotopic (exact) mass is 451 g/mol. The van der Waals surface area contributed by atoms with Gasteiger partial charge in [-0.15, -0.1) is 0 Å². The van der Waals surface area contributed by atoms with E-state index in [1.54, 1.807) is 0 Å². The standard InChI is InChI=1S/C27H37N3O3/c1-27(2,3)17-25(31)30(24-15-11-22(28)12-16-24)18-20-9-13-23(14-10-20)29-26(32)33-19-21-7-5-4-6-8-21/h4-10,13-14,22,24H,11-12,15-19,28H2,1-3H3,(H,29,32). The van der Waals surface area contributed by atoms with Gasteiger partial charge < -0.3 is 15.4 Å². The topological polar surface area (TPSA) is 84.7 Å². The van der Waals surface area contributed by atoms with Crippen LogP contribution in [0.1, 0.15) is 64.0 Å². The summed E-state index contributed by atoms with van der Waals surface area (Å²) in [6.45, 7) is 7.07. The number of hydrogen-bond acceptors (Lipinski definition) is 4. The normalized spacial score (nSPS) is 18.4. The van der Waals surface area contributed by atoms with Crippen molar-refractivity contribution >= 4 is 17.7 Å². The Bertz CT molecular complexity index is 898. The van der Waals surface area contributed by atoms with Crippen molar-refractivity contribution in [1.82, 2.24) is 4.90 Å². The van der Waals surface area contributed by atoms with E-state index in [0.29, 0.717) is 18.7 Å². The molecule has 3 N–H and O–H groups in total. The molecule has 0 atom stereocenters. The van der Waals surface area contributed by atoms with Gasteiger partial charge in [-0.3, -0.25) is 10.1 Å². The van der Waals surface area contributed by atoms with Crippen molar-refractivity contribution in [3.05, 3.63) is 65.7 Å². The summed E-state index contributed by atoms with van der Waals surface area (Å²) in [5.74, 6) is 0.190. The van der Waals surface area contributed by atoms with Crippen LogP contribution in [0.15, 0.2) is 54.6 Å². The molecule has 1 saturated carbocycles. The van der Waals surface area contributed by atoms with E-state index in [1.165, 1.54) is 0 Å². The molecule has 6 nitrogen and oxygen atoms in total. The number of nitrogens with one attached hydrogen (secondary N) is 1. The fourth-order valence-corrected chi connectivity index (χ4v) is 4.16. The lowest BCUT2D eigenvalue weighted by molar-refractivity contribution is -0.137. The Hall–Kier alpha value is -2.86. The Balaban J connectivity index is 1.59. The molecule has 3 rings (SSSR count). The highest BCUT2D eigenvalue weighted by molar-refractivity contribution is 5.84. The molecule has 1 aliphatic carbocycles. The molecule has 1 aliphatic rings. The van der Waals surface area contributed by atoms with E-state index in [-0.39, 0.29) is 30.0 Å². The van der Waals surface area contributed by atoms with E-state index in [9.17, 15) is 9.59 Å². The van der Waals surface area contributed by atoms with Gasteiger partial charge in [0.2, 0.25) is 5.91 Å². The van der Waals surface area contributed by atoms with Crippen LogP contribution in [0.4, 0.5) is 10.5 Å². The van der Waals surface area contributed by atoms with Crippen molar-refractivity contribution < 1.29 is 14.3 Å². The molecule has 2 aromatic rings. The molecule has 0 heterocycles. The molecule has 2 aromatic carbocycles. The summed E-state index contributed by atoms with van der Waals surface area (Å²) in [5.41, 5.74) is 8.66. The first kappa shape index (κ1) is 24.8. The van der Waals surface area contributed by atoms with Crippen LogP contribution in [0.25, 0.3) is 0 Å². The van der Waals surface area contributed by atoms with E-state index >= 15 is 0 Å². The number of anilines is 1. The fraction of sp³-hybridized carbons (Fsp3) is 0.481. The van der Waals surface area contributed by atoms with Crippen LogP contribution in [-0.4, -0.2) is 29.0 Å². The third-order valence-corrected chi connectivity index (χ3v) is 5.95. The predicted molar refractivity (Wildman–Crippen MR) is 132 cm³/mol. The summed E-state index contributed by atoms with van der Waals surface area (Å²) in [6.07, 6.45) is 3.83. The van der Waals surface area contributed by atoms with Crippen molar-refractivity contribution in [1.29, 1.82) is 0 Å². The van der Waals surface area contributed by atoms with Crippen LogP contribution in [0.3, 0.4) is 0 Å². The molecule has 1 fully saturated rings. The number of carbonyl (C=O) groups excluding carboxylic acids is 2. The van der Waals surface area contributed by atoms with Crippen molar-refractivity contribution in [2.45, 2.75) is 78.1 Å². The smallest absolute Gasteiger partial charge is 0.411 e. The molecule has 0 bridgehead atoms. The van der Waals surface area contributed by atoms with Gasteiger partial charge in [0.25, 0.3) is 0 Å². The quantitative estimate of drug-likeness (QED) is 0.585. The number of carbonyl (C=O) groups is 2. The molecule has 0 saturated heterocycles. The molecule has 0 unspecified atom stereocenters. The summed E-state index contributed by atoms with van der Waals surface area (Å²) < 4.78 is 5.28. The van der Waals surface area contributed by atoms with E-state index in [0.717, 1.165) is 36.8 Å². The number of nitrogens with zero attached hydrogens (tertiary/aromatic N) is 1. The van der Waals surface area contributed by atoms with Crippen molar-refractivity contribution in [2.75, 3.05) is 5.32 Å². The number of benzene rings is 2. The largest absolute Gasteiger partial charge is 0.444 e. The molecule has 0 aliphatic heterocycles. The zero-order valence-electron chi connectivity index (χ0n) is 20.0. The lowest BCUT2D eigenvalue weighted by Gasteiger charge is -2.37. The maximum atomic E-state index is 13.2. The Morgan fingerprint density at radius 1 is 0.970 bits per heavy atom. The van der Waals surface area contributed by atoms with E-state index in [4.69, 9.17) is 10.5 Å². The van der Waals surface area contributed by atoms with Gasteiger partial charge in [-0.25, -0.2) is 4.79 Å². The minimum absolute atomic E-state index is 0.0612. The zero-order valence-corrected chi connectivity index (χ0v) is 20.0. The molecule has 178 valence electrons. The fourth-order valence-electron chi connectivity index (χ4n) is 4.16. The number of rotatable bonds is 7. The lowest BCUT2D eigenvalue weighted by Crippen LogP contribution is -2.44. The van der Waals surface area contributed by atoms with Crippen LogP contribution >= 0.6 is 0 Å². The van der Waals surface area contributed by atoms with Crippen LogP contribution in [0, 0.1) is 5.41 Å². The SMILES string of the molecule is CC(C)(C)CC(=O)N(Cc1ccc(NC(=O)OCc2ccccc2)cc1)C1CCC(N)CC1. The van der Waals surface area contributed by atoms with Crippen molar-refractivity contribution in [2.24, 2.45) is 11.1 Å². The van der Waals surface area contributed by atoms with Gasteiger partial charge in [0.05, 0.1) is 0 Å². The summed E-state index contributed by atoms with van der Waals surface area (Å²) in [7, 11) is 0. The van der Waals surface area contributed by atoms with Gasteiger partial charge >= 0.3 is 6.09 Å². The molecule has 0 spiro atoms. The number of ether oxygens (including phenoxy) is 1. The van der Waals surface area contributed by atoms with E-state index in [1.807, 2.05) is 59.5 Å². The predicted octanol–water partition coefficient (Wildman–Crippen LogP) is 5.47. The second-order valence-electron chi connectivity index (χ2n) is 10.2. The third-order valence-electron chi connectivity index (χ3n) is 5.95. The minimum atomic E-state index is -0.493. The highest BCUT2D eigenvalue weighted by atomic mass is 16.5. The average Bonchev–Trinajstić information content (AvgIpc) is 2.77. The first-order valence-electron chi connectivity index (χ1n) is 11.8. The second kappa shape index (κ2) is 11.3. The number of amides is 2. The van der Waals surface area contributed by atoms with Gasteiger partial charge in [0.1, 0.15) is 6.61 Å². The maximum absolute atomic E-state index is 13.2. The van der Waals surface area contributed by atoms with Gasteiger partial charge in [-0.2, -0.15) is 0 Å². The Labute approximate surface area is 197 Å². The number of nitrogens with two attached hydrogens (primary N) is 1. The Morgan fingerprint density at radius 3 is 2.21 bits per heavy atom.